The van der Waals surface area contributed by atoms with Crippen molar-refractivity contribution in [2.24, 2.45) is 0 Å². The summed E-state index contributed by atoms with van der Waals surface area (Å²) in [7, 11) is 2.35. The average Bonchev–Trinajstić information content (AvgIpc) is 3.11. The quantitative estimate of drug-likeness (QED) is 0.844. The third kappa shape index (κ3) is 3.12. The van der Waals surface area contributed by atoms with E-state index in [1.54, 1.807) is 0 Å². The molecule has 4 rings (SSSR count). The van der Waals surface area contributed by atoms with E-state index in [0.717, 1.165) is 18.1 Å². The molecule has 0 radical (unpaired) electrons. The van der Waals surface area contributed by atoms with Gasteiger partial charge in [0.2, 0.25) is 0 Å². The van der Waals surface area contributed by atoms with Crippen LogP contribution in [0, 0.1) is 0 Å². The van der Waals surface area contributed by atoms with Crippen LogP contribution in [0.4, 0.5) is 0 Å². The minimum Gasteiger partial charge on any atom is -0.300 e. The van der Waals surface area contributed by atoms with Gasteiger partial charge in [-0.1, -0.05) is 6.07 Å². The fourth-order valence-corrected chi connectivity index (χ4v) is 5.45. The molecule has 1 aromatic rings. The highest BCUT2D eigenvalue weighted by molar-refractivity contribution is 7.09. The lowest BCUT2D eigenvalue weighted by atomic mass is 9.96. The molecule has 1 aromatic heterocycles. The minimum absolute atomic E-state index is 0.869. The Kier molecular flexibility index (Phi) is 4.54. The second kappa shape index (κ2) is 6.60. The van der Waals surface area contributed by atoms with Crippen LogP contribution in [0.2, 0.25) is 0 Å². The molecule has 2 bridgehead atoms. The van der Waals surface area contributed by atoms with Gasteiger partial charge in [0.05, 0.1) is 0 Å². The highest BCUT2D eigenvalue weighted by Crippen LogP contribution is 2.36. The van der Waals surface area contributed by atoms with Gasteiger partial charge in [0.15, 0.2) is 0 Å². The predicted octanol–water partition coefficient (Wildman–Crippen LogP) is 2.53. The molecule has 0 spiro atoms. The summed E-state index contributed by atoms with van der Waals surface area (Å²) >= 11 is 1.90. The van der Waals surface area contributed by atoms with E-state index in [-0.39, 0.29) is 0 Å². The lowest BCUT2D eigenvalue weighted by Gasteiger charge is -2.45. The molecule has 4 heterocycles. The highest BCUT2D eigenvalue weighted by Gasteiger charge is 2.40. The standard InChI is InChI=1S/C18H29N3S/c1-19-15-4-5-16(19)14-17(13-15)21-10-8-20(9-11-21)7-6-18-3-2-12-22-18/h2-3,12,15-17H,4-11,13-14H2,1H3. The summed E-state index contributed by atoms with van der Waals surface area (Å²) in [6, 6.07) is 7.07. The molecule has 0 saturated carbocycles. The number of hydrogen-bond acceptors (Lipinski definition) is 4. The van der Waals surface area contributed by atoms with E-state index in [1.165, 1.54) is 69.7 Å². The number of rotatable bonds is 4. The van der Waals surface area contributed by atoms with Gasteiger partial charge in [0.1, 0.15) is 0 Å². The molecular formula is C18H29N3S. The summed E-state index contributed by atoms with van der Waals surface area (Å²) in [5.41, 5.74) is 0. The van der Waals surface area contributed by atoms with Gasteiger partial charge in [-0.3, -0.25) is 4.90 Å². The van der Waals surface area contributed by atoms with E-state index in [0.29, 0.717) is 0 Å². The molecular weight excluding hydrogens is 290 g/mol. The number of piperazine rings is 1. The van der Waals surface area contributed by atoms with Gasteiger partial charge < -0.3 is 9.80 Å². The highest BCUT2D eigenvalue weighted by atomic mass is 32.1. The van der Waals surface area contributed by atoms with Crippen molar-refractivity contribution < 1.29 is 0 Å². The third-order valence-corrected chi connectivity index (χ3v) is 7.19. The first kappa shape index (κ1) is 15.1. The van der Waals surface area contributed by atoms with Crippen molar-refractivity contribution in [3.8, 4) is 0 Å². The average molecular weight is 320 g/mol. The zero-order valence-corrected chi connectivity index (χ0v) is 14.6. The summed E-state index contributed by atoms with van der Waals surface area (Å²) in [4.78, 5) is 9.67. The first-order valence-corrected chi connectivity index (χ1v) is 9.88. The zero-order chi connectivity index (χ0) is 14.9. The van der Waals surface area contributed by atoms with Gasteiger partial charge in [-0.2, -0.15) is 0 Å². The van der Waals surface area contributed by atoms with Crippen molar-refractivity contribution in [3.05, 3.63) is 22.4 Å². The smallest absolute Gasteiger partial charge is 0.0126 e. The summed E-state index contributed by atoms with van der Waals surface area (Å²) in [6.45, 7) is 6.36. The number of fused-ring (bicyclic) bond motifs is 2. The topological polar surface area (TPSA) is 9.72 Å². The van der Waals surface area contributed by atoms with Crippen molar-refractivity contribution in [1.82, 2.24) is 14.7 Å². The van der Waals surface area contributed by atoms with Gasteiger partial charge in [0.25, 0.3) is 0 Å². The molecule has 3 aliphatic heterocycles. The molecule has 122 valence electrons. The van der Waals surface area contributed by atoms with Gasteiger partial charge in [0, 0.05) is 55.7 Å². The van der Waals surface area contributed by atoms with E-state index in [1.807, 2.05) is 11.3 Å². The van der Waals surface area contributed by atoms with Gasteiger partial charge in [-0.15, -0.1) is 11.3 Å². The van der Waals surface area contributed by atoms with Crippen LogP contribution in [-0.2, 0) is 6.42 Å². The van der Waals surface area contributed by atoms with Crippen LogP contribution in [0.3, 0.4) is 0 Å². The summed E-state index contributed by atoms with van der Waals surface area (Å²) in [5, 5.41) is 2.20. The summed E-state index contributed by atoms with van der Waals surface area (Å²) < 4.78 is 0. The number of piperidine rings is 1. The van der Waals surface area contributed by atoms with Crippen LogP contribution >= 0.6 is 11.3 Å². The maximum Gasteiger partial charge on any atom is 0.0126 e. The Morgan fingerprint density at radius 2 is 1.77 bits per heavy atom. The molecule has 22 heavy (non-hydrogen) atoms. The molecule has 0 N–H and O–H groups in total. The lowest BCUT2D eigenvalue weighted by Crippen LogP contribution is -2.55. The largest absolute Gasteiger partial charge is 0.300 e. The monoisotopic (exact) mass is 319 g/mol. The van der Waals surface area contributed by atoms with Crippen LogP contribution in [0.25, 0.3) is 0 Å². The van der Waals surface area contributed by atoms with E-state index in [9.17, 15) is 0 Å². The second-order valence-electron chi connectivity index (χ2n) is 7.38. The Morgan fingerprint density at radius 3 is 2.41 bits per heavy atom. The normalized spacial score (nSPS) is 34.3. The Labute approximate surface area is 138 Å². The van der Waals surface area contributed by atoms with E-state index < -0.39 is 0 Å². The van der Waals surface area contributed by atoms with Crippen LogP contribution in [0.5, 0.6) is 0 Å². The lowest BCUT2D eigenvalue weighted by molar-refractivity contribution is 0.0403. The Morgan fingerprint density at radius 1 is 1.05 bits per heavy atom. The fraction of sp³-hybridized carbons (Fsp3) is 0.778. The van der Waals surface area contributed by atoms with Crippen molar-refractivity contribution in [3.63, 3.8) is 0 Å². The molecule has 3 fully saturated rings. The summed E-state index contributed by atoms with van der Waals surface area (Å²) in [5.74, 6) is 0. The van der Waals surface area contributed by atoms with Crippen molar-refractivity contribution >= 4 is 11.3 Å². The molecule has 0 amide bonds. The van der Waals surface area contributed by atoms with Crippen LogP contribution in [0.1, 0.15) is 30.6 Å². The van der Waals surface area contributed by atoms with Gasteiger partial charge in [-0.25, -0.2) is 0 Å². The van der Waals surface area contributed by atoms with Gasteiger partial charge >= 0.3 is 0 Å². The first-order chi connectivity index (χ1) is 10.8. The Bertz CT molecular complexity index is 453. The van der Waals surface area contributed by atoms with Crippen LogP contribution in [0.15, 0.2) is 17.5 Å². The second-order valence-corrected chi connectivity index (χ2v) is 8.41. The van der Waals surface area contributed by atoms with Crippen LogP contribution < -0.4 is 0 Å². The molecule has 2 atom stereocenters. The third-order valence-electron chi connectivity index (χ3n) is 6.25. The van der Waals surface area contributed by atoms with E-state index in [2.05, 4.69) is 39.3 Å². The Hall–Kier alpha value is -0.420. The SMILES string of the molecule is CN1C2CCC1CC(N1CCN(CCc3cccs3)CC1)C2. The minimum atomic E-state index is 0.869. The molecule has 0 aromatic carbocycles. The van der Waals surface area contributed by atoms with Crippen molar-refractivity contribution in [1.29, 1.82) is 0 Å². The summed E-state index contributed by atoms with van der Waals surface area (Å²) in [6.07, 6.45) is 6.96. The maximum absolute atomic E-state index is 2.81. The predicted molar refractivity (Wildman–Crippen MR) is 93.6 cm³/mol. The van der Waals surface area contributed by atoms with E-state index in [4.69, 9.17) is 0 Å². The number of hydrogen-bond donors (Lipinski definition) is 0. The zero-order valence-electron chi connectivity index (χ0n) is 13.8. The maximum atomic E-state index is 2.81. The number of thiophene rings is 1. The van der Waals surface area contributed by atoms with E-state index >= 15 is 0 Å². The number of nitrogens with zero attached hydrogens (tertiary/aromatic N) is 3. The Balaban J connectivity index is 1.24. The molecule has 4 heteroatoms. The molecule has 2 unspecified atom stereocenters. The van der Waals surface area contributed by atoms with Gasteiger partial charge in [-0.05, 0) is 50.6 Å². The van der Waals surface area contributed by atoms with Crippen molar-refractivity contribution in [2.75, 3.05) is 39.8 Å². The molecule has 0 aliphatic carbocycles. The van der Waals surface area contributed by atoms with Crippen molar-refractivity contribution in [2.45, 2.75) is 50.2 Å². The molecule has 3 nitrogen and oxygen atoms in total. The fourth-order valence-electron chi connectivity index (χ4n) is 4.76. The van der Waals surface area contributed by atoms with Crippen LogP contribution in [-0.4, -0.2) is 72.6 Å². The molecule has 3 saturated heterocycles. The first-order valence-electron chi connectivity index (χ1n) is 9.00. The molecule has 3 aliphatic rings.